The fourth-order valence-corrected chi connectivity index (χ4v) is 4.26. The number of aromatic nitrogens is 2. The standard InChI is InChI=1S/C20H30N4O3/c1-19(2,3)10-16(25)24-5-4-20(13-24)14-27-12-15-11-21-18(22-17(15)20)23-6-8-26-9-7-23/h11H,4-10,12-14H2,1-3H3. The van der Waals surface area contributed by atoms with E-state index >= 15 is 0 Å². The number of amides is 1. The molecule has 4 heterocycles. The monoisotopic (exact) mass is 374 g/mol. The second-order valence-corrected chi connectivity index (χ2v) is 9.22. The van der Waals surface area contributed by atoms with Crippen molar-refractivity contribution in [3.63, 3.8) is 0 Å². The van der Waals surface area contributed by atoms with Crippen LogP contribution in [0.4, 0.5) is 5.95 Å². The number of likely N-dealkylation sites (tertiary alicyclic amines) is 1. The number of rotatable bonds is 2. The van der Waals surface area contributed by atoms with E-state index in [2.05, 4.69) is 30.7 Å². The van der Waals surface area contributed by atoms with E-state index in [0.717, 1.165) is 43.3 Å². The molecule has 0 radical (unpaired) electrons. The summed E-state index contributed by atoms with van der Waals surface area (Å²) < 4.78 is 11.3. The molecule has 0 bridgehead atoms. The molecule has 3 aliphatic heterocycles. The Labute approximate surface area is 161 Å². The van der Waals surface area contributed by atoms with E-state index in [9.17, 15) is 4.79 Å². The van der Waals surface area contributed by atoms with E-state index < -0.39 is 0 Å². The molecule has 4 rings (SSSR count). The zero-order valence-electron chi connectivity index (χ0n) is 16.7. The molecule has 3 aliphatic rings. The lowest BCUT2D eigenvalue weighted by atomic mass is 9.80. The average molecular weight is 374 g/mol. The highest BCUT2D eigenvalue weighted by Gasteiger charge is 2.46. The second kappa shape index (κ2) is 7.02. The molecule has 2 saturated heterocycles. The maximum absolute atomic E-state index is 12.7. The predicted molar refractivity (Wildman–Crippen MR) is 102 cm³/mol. The van der Waals surface area contributed by atoms with Crippen LogP contribution in [0.25, 0.3) is 0 Å². The van der Waals surface area contributed by atoms with Crippen LogP contribution in [-0.2, 0) is 26.3 Å². The van der Waals surface area contributed by atoms with Crippen molar-refractivity contribution in [2.75, 3.05) is 50.9 Å². The lowest BCUT2D eigenvalue weighted by Crippen LogP contribution is -2.43. The number of morpholine rings is 1. The van der Waals surface area contributed by atoms with Crippen LogP contribution < -0.4 is 4.90 Å². The lowest BCUT2D eigenvalue weighted by Gasteiger charge is -2.35. The van der Waals surface area contributed by atoms with Crippen LogP contribution in [0.3, 0.4) is 0 Å². The second-order valence-electron chi connectivity index (χ2n) is 9.22. The Balaban J connectivity index is 1.58. The third-order valence-electron chi connectivity index (χ3n) is 5.67. The van der Waals surface area contributed by atoms with Crippen LogP contribution in [0, 0.1) is 5.41 Å². The summed E-state index contributed by atoms with van der Waals surface area (Å²) in [6.45, 7) is 12.0. The van der Waals surface area contributed by atoms with Gasteiger partial charge in [-0.15, -0.1) is 0 Å². The topological polar surface area (TPSA) is 67.8 Å². The number of nitrogens with zero attached hydrogens (tertiary/aromatic N) is 4. The lowest BCUT2D eigenvalue weighted by molar-refractivity contribution is -0.132. The molecular weight excluding hydrogens is 344 g/mol. The Morgan fingerprint density at radius 3 is 2.74 bits per heavy atom. The first-order chi connectivity index (χ1) is 12.9. The number of carbonyl (C=O) groups excluding carboxylic acids is 1. The Morgan fingerprint density at radius 2 is 2.00 bits per heavy atom. The minimum absolute atomic E-state index is 0.000514. The predicted octanol–water partition coefficient (Wildman–Crippen LogP) is 1.75. The molecule has 7 nitrogen and oxygen atoms in total. The average Bonchev–Trinajstić information content (AvgIpc) is 3.06. The summed E-state index contributed by atoms with van der Waals surface area (Å²) in [7, 11) is 0. The highest BCUT2D eigenvalue weighted by molar-refractivity contribution is 5.77. The fraction of sp³-hybridized carbons (Fsp3) is 0.750. The van der Waals surface area contributed by atoms with Gasteiger partial charge in [0.2, 0.25) is 11.9 Å². The van der Waals surface area contributed by atoms with Crippen molar-refractivity contribution < 1.29 is 14.3 Å². The largest absolute Gasteiger partial charge is 0.378 e. The molecule has 1 unspecified atom stereocenters. The van der Waals surface area contributed by atoms with Gasteiger partial charge < -0.3 is 19.3 Å². The SMILES string of the molecule is CC(C)(C)CC(=O)N1CCC2(COCc3cnc(N4CCOCC4)nc32)C1. The molecule has 0 N–H and O–H groups in total. The summed E-state index contributed by atoms with van der Waals surface area (Å²) in [5, 5.41) is 0. The number of ether oxygens (including phenoxy) is 2. The van der Waals surface area contributed by atoms with E-state index in [1.165, 1.54) is 0 Å². The van der Waals surface area contributed by atoms with Gasteiger partial charge in [-0.1, -0.05) is 20.8 Å². The van der Waals surface area contributed by atoms with Crippen LogP contribution in [0.5, 0.6) is 0 Å². The third kappa shape index (κ3) is 3.80. The van der Waals surface area contributed by atoms with Gasteiger partial charge >= 0.3 is 0 Å². The zero-order chi connectivity index (χ0) is 19.1. The molecule has 1 atom stereocenters. The molecule has 0 aliphatic carbocycles. The van der Waals surface area contributed by atoms with Crippen LogP contribution in [0.2, 0.25) is 0 Å². The van der Waals surface area contributed by atoms with Gasteiger partial charge in [0.1, 0.15) is 0 Å². The van der Waals surface area contributed by atoms with Crippen LogP contribution >= 0.6 is 0 Å². The van der Waals surface area contributed by atoms with Gasteiger partial charge in [0.15, 0.2) is 0 Å². The molecule has 0 aromatic carbocycles. The Hall–Kier alpha value is -1.73. The molecule has 1 aromatic heterocycles. The Kier molecular flexibility index (Phi) is 4.84. The van der Waals surface area contributed by atoms with Crippen molar-refractivity contribution in [3.05, 3.63) is 17.5 Å². The minimum atomic E-state index is -0.203. The third-order valence-corrected chi connectivity index (χ3v) is 5.67. The van der Waals surface area contributed by atoms with E-state index in [-0.39, 0.29) is 16.7 Å². The van der Waals surface area contributed by atoms with Crippen LogP contribution in [0.1, 0.15) is 44.9 Å². The number of carbonyl (C=O) groups is 1. The molecule has 7 heteroatoms. The van der Waals surface area contributed by atoms with Gasteiger partial charge in [0.25, 0.3) is 0 Å². The summed E-state index contributed by atoms with van der Waals surface area (Å²) in [6, 6.07) is 0. The van der Waals surface area contributed by atoms with Gasteiger partial charge in [-0.3, -0.25) is 4.79 Å². The normalized spacial score (nSPS) is 25.7. The highest BCUT2D eigenvalue weighted by atomic mass is 16.5. The minimum Gasteiger partial charge on any atom is -0.378 e. The maximum Gasteiger partial charge on any atom is 0.225 e. The Bertz CT molecular complexity index is 712. The summed E-state index contributed by atoms with van der Waals surface area (Å²) in [5.41, 5.74) is 1.93. The molecule has 2 fully saturated rings. The summed E-state index contributed by atoms with van der Waals surface area (Å²) in [6.07, 6.45) is 3.38. The number of fused-ring (bicyclic) bond motifs is 2. The smallest absolute Gasteiger partial charge is 0.225 e. The number of hydrogen-bond donors (Lipinski definition) is 0. The van der Waals surface area contributed by atoms with Crippen molar-refractivity contribution in [2.24, 2.45) is 5.41 Å². The molecule has 0 saturated carbocycles. The fourth-order valence-electron chi connectivity index (χ4n) is 4.26. The highest BCUT2D eigenvalue weighted by Crippen LogP contribution is 2.40. The number of anilines is 1. The van der Waals surface area contributed by atoms with Crippen molar-refractivity contribution in [1.29, 1.82) is 0 Å². The first-order valence-electron chi connectivity index (χ1n) is 9.91. The molecular formula is C20H30N4O3. The van der Waals surface area contributed by atoms with Crippen molar-refractivity contribution >= 4 is 11.9 Å². The number of hydrogen-bond acceptors (Lipinski definition) is 6. The summed E-state index contributed by atoms with van der Waals surface area (Å²) >= 11 is 0. The summed E-state index contributed by atoms with van der Waals surface area (Å²) in [4.78, 5) is 26.5. The van der Waals surface area contributed by atoms with Crippen LogP contribution in [0.15, 0.2) is 6.20 Å². The maximum atomic E-state index is 12.7. The van der Waals surface area contributed by atoms with Gasteiger partial charge in [0.05, 0.1) is 37.5 Å². The van der Waals surface area contributed by atoms with Gasteiger partial charge in [0, 0.05) is 44.4 Å². The Morgan fingerprint density at radius 1 is 1.22 bits per heavy atom. The van der Waals surface area contributed by atoms with E-state index in [1.807, 2.05) is 11.1 Å². The van der Waals surface area contributed by atoms with Gasteiger partial charge in [-0.05, 0) is 11.8 Å². The van der Waals surface area contributed by atoms with E-state index in [1.54, 1.807) is 0 Å². The van der Waals surface area contributed by atoms with Crippen molar-refractivity contribution in [1.82, 2.24) is 14.9 Å². The molecule has 27 heavy (non-hydrogen) atoms. The summed E-state index contributed by atoms with van der Waals surface area (Å²) in [5.74, 6) is 1.01. The quantitative estimate of drug-likeness (QED) is 0.786. The van der Waals surface area contributed by atoms with Crippen molar-refractivity contribution in [3.8, 4) is 0 Å². The van der Waals surface area contributed by atoms with Crippen LogP contribution in [-0.4, -0.2) is 66.8 Å². The van der Waals surface area contributed by atoms with E-state index in [4.69, 9.17) is 14.5 Å². The van der Waals surface area contributed by atoms with Crippen molar-refractivity contribution in [2.45, 2.75) is 45.6 Å². The molecule has 148 valence electrons. The van der Waals surface area contributed by atoms with E-state index in [0.29, 0.717) is 39.4 Å². The first kappa shape index (κ1) is 18.6. The van der Waals surface area contributed by atoms with Gasteiger partial charge in [-0.2, -0.15) is 0 Å². The molecule has 1 spiro atoms. The van der Waals surface area contributed by atoms with Gasteiger partial charge in [-0.25, -0.2) is 9.97 Å². The molecule has 1 aromatic rings. The molecule has 1 amide bonds. The first-order valence-corrected chi connectivity index (χ1v) is 9.91. The zero-order valence-corrected chi connectivity index (χ0v) is 16.7.